The van der Waals surface area contributed by atoms with Crippen LogP contribution in [-0.2, 0) is 16.4 Å². The molecule has 1 fully saturated rings. The second kappa shape index (κ2) is 7.89. The molecule has 0 atom stereocenters. The Morgan fingerprint density at radius 2 is 1.90 bits per heavy atom. The maximum absolute atomic E-state index is 13.1. The number of benzene rings is 1. The predicted octanol–water partition coefficient (Wildman–Crippen LogP) is 3.49. The summed E-state index contributed by atoms with van der Waals surface area (Å²) in [5.41, 5.74) is 4.33. The van der Waals surface area contributed by atoms with E-state index in [1.54, 1.807) is 15.8 Å². The number of piperazine rings is 1. The largest absolute Gasteiger partial charge is 0.421 e. The smallest absolute Gasteiger partial charge is 0.252 e. The molecular weight excluding hydrogens is 408 g/mol. The third kappa shape index (κ3) is 3.82. The van der Waals surface area contributed by atoms with E-state index in [1.807, 2.05) is 6.92 Å². The van der Waals surface area contributed by atoms with Gasteiger partial charge in [0.2, 0.25) is 11.8 Å². The van der Waals surface area contributed by atoms with Gasteiger partial charge in [-0.15, -0.1) is 21.5 Å². The van der Waals surface area contributed by atoms with Gasteiger partial charge in [0.05, 0.1) is 5.56 Å². The molecule has 1 aliphatic rings. The van der Waals surface area contributed by atoms with Crippen molar-refractivity contribution in [1.82, 2.24) is 14.5 Å². The van der Waals surface area contributed by atoms with Crippen LogP contribution in [0.1, 0.15) is 23.9 Å². The van der Waals surface area contributed by atoms with Crippen molar-refractivity contribution in [3.8, 4) is 11.5 Å². The van der Waals surface area contributed by atoms with E-state index in [1.165, 1.54) is 28.2 Å². The van der Waals surface area contributed by atoms with E-state index in [-0.39, 0.29) is 0 Å². The minimum absolute atomic E-state index is 0.309. The molecule has 7 nitrogen and oxygen atoms in total. The second-order valence-electron chi connectivity index (χ2n) is 7.12. The number of aromatic nitrogens is 2. The molecule has 3 heterocycles. The molecule has 0 unspecified atom stereocenters. The van der Waals surface area contributed by atoms with Crippen molar-refractivity contribution in [2.24, 2.45) is 0 Å². The lowest BCUT2D eigenvalue weighted by atomic mass is 10.1. The highest BCUT2D eigenvalue weighted by Gasteiger charge is 2.30. The van der Waals surface area contributed by atoms with E-state index in [4.69, 9.17) is 4.42 Å². The summed E-state index contributed by atoms with van der Waals surface area (Å²) >= 11 is 1.19. The molecule has 4 rings (SSSR count). The molecule has 0 amide bonds. The maximum Gasteiger partial charge on any atom is 0.252 e. The second-order valence-corrected chi connectivity index (χ2v) is 10.2. The van der Waals surface area contributed by atoms with Crippen molar-refractivity contribution >= 4 is 27.0 Å². The zero-order chi connectivity index (χ0) is 20.6. The lowest BCUT2D eigenvalue weighted by molar-refractivity contribution is 0.385. The quantitative estimate of drug-likeness (QED) is 0.614. The van der Waals surface area contributed by atoms with Crippen LogP contribution in [0.25, 0.3) is 11.5 Å². The Labute approximate surface area is 175 Å². The fraction of sp³-hybridized carbons (Fsp3) is 0.400. The summed E-state index contributed by atoms with van der Waals surface area (Å²) < 4.78 is 33.6. The maximum atomic E-state index is 13.1. The zero-order valence-corrected chi connectivity index (χ0v) is 18.4. The van der Waals surface area contributed by atoms with E-state index in [2.05, 4.69) is 47.1 Å². The van der Waals surface area contributed by atoms with Gasteiger partial charge in [-0.3, -0.25) is 0 Å². The molecular formula is C20H24N4O3S2. The van der Waals surface area contributed by atoms with Gasteiger partial charge in [0.15, 0.2) is 0 Å². The molecule has 1 aliphatic heterocycles. The van der Waals surface area contributed by atoms with Gasteiger partial charge < -0.3 is 9.32 Å². The zero-order valence-electron chi connectivity index (χ0n) is 16.8. The molecule has 0 N–H and O–H groups in total. The number of aryl methyl sites for hydroxylation is 2. The predicted molar refractivity (Wildman–Crippen MR) is 114 cm³/mol. The fourth-order valence-corrected chi connectivity index (χ4v) is 6.18. The topological polar surface area (TPSA) is 79.5 Å². The Bertz CT molecular complexity index is 1110. The minimum Gasteiger partial charge on any atom is -0.421 e. The number of hydrogen-bond donors (Lipinski definition) is 0. The minimum atomic E-state index is -3.54. The van der Waals surface area contributed by atoms with Gasteiger partial charge in [-0.2, -0.15) is 4.31 Å². The summed E-state index contributed by atoms with van der Waals surface area (Å²) in [4.78, 5) is 2.26. The molecule has 1 saturated heterocycles. The molecule has 0 radical (unpaired) electrons. The highest BCUT2D eigenvalue weighted by molar-refractivity contribution is 7.91. The average molecular weight is 433 g/mol. The van der Waals surface area contributed by atoms with E-state index >= 15 is 0 Å². The molecule has 1 aromatic carbocycles. The first-order chi connectivity index (χ1) is 13.9. The molecule has 154 valence electrons. The number of nitrogens with zero attached hydrogens (tertiary/aromatic N) is 4. The third-order valence-electron chi connectivity index (χ3n) is 5.34. The van der Waals surface area contributed by atoms with Gasteiger partial charge in [-0.05, 0) is 37.1 Å². The van der Waals surface area contributed by atoms with E-state index in [9.17, 15) is 8.42 Å². The highest BCUT2D eigenvalue weighted by atomic mass is 32.2. The van der Waals surface area contributed by atoms with Gasteiger partial charge in [0.1, 0.15) is 4.21 Å². The van der Waals surface area contributed by atoms with Crippen LogP contribution in [0.4, 0.5) is 5.69 Å². The third-order valence-corrected chi connectivity index (χ3v) is 8.65. The summed E-state index contributed by atoms with van der Waals surface area (Å²) in [6.07, 6.45) is 0.646. The Morgan fingerprint density at radius 3 is 2.59 bits per heavy atom. The van der Waals surface area contributed by atoms with Crippen LogP contribution >= 0.6 is 11.3 Å². The Kier molecular flexibility index (Phi) is 5.46. The van der Waals surface area contributed by atoms with E-state index in [0.717, 1.165) is 0 Å². The first-order valence-corrected chi connectivity index (χ1v) is 11.9. The molecule has 9 heteroatoms. The number of thiophene rings is 1. The van der Waals surface area contributed by atoms with E-state index < -0.39 is 10.0 Å². The lowest BCUT2D eigenvalue weighted by Crippen LogP contribution is -2.48. The molecule has 2 aromatic heterocycles. The van der Waals surface area contributed by atoms with Gasteiger partial charge in [0.25, 0.3) is 10.0 Å². The van der Waals surface area contributed by atoms with Crippen LogP contribution < -0.4 is 4.90 Å². The molecule has 29 heavy (non-hydrogen) atoms. The monoisotopic (exact) mass is 432 g/mol. The van der Waals surface area contributed by atoms with E-state index in [0.29, 0.717) is 54.2 Å². The number of anilines is 1. The molecule has 0 bridgehead atoms. The summed E-state index contributed by atoms with van der Waals surface area (Å²) in [5.74, 6) is 0.900. The van der Waals surface area contributed by atoms with Gasteiger partial charge in [-0.25, -0.2) is 8.42 Å². The fourth-order valence-electron chi connectivity index (χ4n) is 3.45. The van der Waals surface area contributed by atoms with Crippen molar-refractivity contribution in [2.45, 2.75) is 31.4 Å². The van der Waals surface area contributed by atoms with Crippen LogP contribution in [0, 0.1) is 13.8 Å². The van der Waals surface area contributed by atoms with Gasteiger partial charge in [0, 0.05) is 43.7 Å². The van der Waals surface area contributed by atoms with Crippen molar-refractivity contribution in [3.05, 3.63) is 46.7 Å². The van der Waals surface area contributed by atoms with Crippen molar-refractivity contribution in [2.75, 3.05) is 31.1 Å². The summed E-state index contributed by atoms with van der Waals surface area (Å²) in [7, 11) is -3.54. The highest BCUT2D eigenvalue weighted by Crippen LogP contribution is 2.31. The molecule has 3 aromatic rings. The summed E-state index contributed by atoms with van der Waals surface area (Å²) in [6.45, 7) is 8.41. The van der Waals surface area contributed by atoms with Crippen LogP contribution in [-0.4, -0.2) is 49.1 Å². The molecule has 0 saturated carbocycles. The summed E-state index contributed by atoms with van der Waals surface area (Å²) in [5, 5.41) is 9.70. The van der Waals surface area contributed by atoms with Crippen LogP contribution in [0.2, 0.25) is 0 Å². The molecule has 0 spiro atoms. The standard InChI is InChI=1S/C20H24N4O3S2/c1-4-18-21-22-20(27-18)16-12-19(28-13-16)29(25,26)24-10-8-23(9-11-24)17-7-5-6-14(2)15(17)3/h5-7,12-13H,4,8-11H2,1-3H3. The van der Waals surface area contributed by atoms with Crippen molar-refractivity contribution in [3.63, 3.8) is 0 Å². The average Bonchev–Trinajstić information content (AvgIpc) is 3.40. The normalized spacial score (nSPS) is 15.8. The number of hydrogen-bond acceptors (Lipinski definition) is 7. The summed E-state index contributed by atoms with van der Waals surface area (Å²) in [6, 6.07) is 7.88. The first-order valence-electron chi connectivity index (χ1n) is 9.62. The first kappa shape index (κ1) is 20.1. The van der Waals surface area contributed by atoms with Crippen molar-refractivity contribution < 1.29 is 12.8 Å². The van der Waals surface area contributed by atoms with Crippen LogP contribution in [0.5, 0.6) is 0 Å². The van der Waals surface area contributed by atoms with Crippen molar-refractivity contribution in [1.29, 1.82) is 0 Å². The van der Waals surface area contributed by atoms with Crippen LogP contribution in [0.3, 0.4) is 0 Å². The molecule has 0 aliphatic carbocycles. The number of rotatable bonds is 5. The Morgan fingerprint density at radius 1 is 1.14 bits per heavy atom. The Hall–Kier alpha value is -2.23. The van der Waals surface area contributed by atoms with Gasteiger partial charge in [-0.1, -0.05) is 19.1 Å². The van der Waals surface area contributed by atoms with Gasteiger partial charge >= 0.3 is 0 Å². The number of sulfonamides is 1. The lowest BCUT2D eigenvalue weighted by Gasteiger charge is -2.36. The SMILES string of the molecule is CCc1nnc(-c2csc(S(=O)(=O)N3CCN(c4cccc(C)c4C)CC3)c2)o1. The van der Waals surface area contributed by atoms with Crippen LogP contribution in [0.15, 0.2) is 38.3 Å². The Balaban J connectivity index is 1.49.